The van der Waals surface area contributed by atoms with Crippen molar-refractivity contribution in [3.05, 3.63) is 41.1 Å². The number of aryl methyl sites for hydroxylation is 1. The molecule has 1 aliphatic rings. The molecule has 1 fully saturated rings. The number of carbonyl (C=O) groups is 3. The SMILES string of the molecule is Cc1ccc(C(=O)Nc2nc3c(s2)c(C(=O)N2CCC[C@H]2C(=O)OC(C)(C)C)nn3C(C)(C)C)cc1. The lowest BCUT2D eigenvalue weighted by molar-refractivity contribution is -0.159. The normalized spacial score (nSPS) is 16.4. The zero-order valence-electron chi connectivity index (χ0n) is 21.8. The molecule has 1 aliphatic heterocycles. The number of fused-ring (bicyclic) bond motifs is 1. The Bertz CT molecular complexity index is 1310. The van der Waals surface area contributed by atoms with Crippen LogP contribution in [-0.4, -0.2) is 55.6 Å². The van der Waals surface area contributed by atoms with E-state index in [1.54, 1.807) is 21.7 Å². The van der Waals surface area contributed by atoms with Gasteiger partial charge in [0.2, 0.25) is 0 Å². The maximum Gasteiger partial charge on any atom is 0.329 e. The van der Waals surface area contributed by atoms with Crippen molar-refractivity contribution >= 4 is 44.6 Å². The van der Waals surface area contributed by atoms with Crippen molar-refractivity contribution in [3.63, 3.8) is 0 Å². The van der Waals surface area contributed by atoms with E-state index in [0.29, 0.717) is 40.4 Å². The summed E-state index contributed by atoms with van der Waals surface area (Å²) in [5.41, 5.74) is 1.22. The van der Waals surface area contributed by atoms with Crippen LogP contribution < -0.4 is 5.32 Å². The summed E-state index contributed by atoms with van der Waals surface area (Å²) in [5, 5.41) is 7.86. The summed E-state index contributed by atoms with van der Waals surface area (Å²) in [6.07, 6.45) is 1.25. The lowest BCUT2D eigenvalue weighted by Crippen LogP contribution is -2.43. The average molecular weight is 512 g/mol. The van der Waals surface area contributed by atoms with Gasteiger partial charge in [0.1, 0.15) is 16.3 Å². The Labute approximate surface area is 214 Å². The molecule has 2 amide bonds. The first-order valence-electron chi connectivity index (χ1n) is 12.1. The van der Waals surface area contributed by atoms with Crippen LogP contribution in [0.25, 0.3) is 10.3 Å². The highest BCUT2D eigenvalue weighted by molar-refractivity contribution is 7.22. The lowest BCUT2D eigenvalue weighted by atomic mass is 10.1. The minimum Gasteiger partial charge on any atom is -0.458 e. The Morgan fingerprint density at radius 1 is 1.08 bits per heavy atom. The second-order valence-electron chi connectivity index (χ2n) is 11.1. The quantitative estimate of drug-likeness (QED) is 0.507. The van der Waals surface area contributed by atoms with Crippen LogP contribution in [0.2, 0.25) is 0 Å². The zero-order chi connectivity index (χ0) is 26.4. The molecule has 0 spiro atoms. The number of likely N-dealkylation sites (tertiary alicyclic amines) is 1. The van der Waals surface area contributed by atoms with Gasteiger partial charge in [0.25, 0.3) is 11.8 Å². The summed E-state index contributed by atoms with van der Waals surface area (Å²) in [7, 11) is 0. The standard InChI is InChI=1S/C26H33N5O4S/c1-15-10-12-16(13-11-15)21(32)28-24-27-20-19(36-24)18(29-31(20)25(2,3)4)22(33)30-14-8-9-17(30)23(34)35-26(5,6)7/h10-13,17H,8-9,14H2,1-7H3,(H,27,28,32)/t17-/m0/s1. The van der Waals surface area contributed by atoms with Gasteiger partial charge in [-0.2, -0.15) is 10.1 Å². The number of ether oxygens (including phenoxy) is 1. The van der Waals surface area contributed by atoms with Crippen molar-refractivity contribution in [1.29, 1.82) is 0 Å². The van der Waals surface area contributed by atoms with Gasteiger partial charge in [-0.3, -0.25) is 14.9 Å². The highest BCUT2D eigenvalue weighted by atomic mass is 32.1. The number of rotatable bonds is 4. The molecule has 0 aliphatic carbocycles. The molecule has 1 saturated heterocycles. The van der Waals surface area contributed by atoms with Crippen LogP contribution in [0.4, 0.5) is 5.13 Å². The van der Waals surface area contributed by atoms with Crippen LogP contribution in [0, 0.1) is 6.92 Å². The number of nitrogens with one attached hydrogen (secondary N) is 1. The second-order valence-corrected chi connectivity index (χ2v) is 12.1. The van der Waals surface area contributed by atoms with Crippen molar-refractivity contribution in [2.75, 3.05) is 11.9 Å². The van der Waals surface area contributed by atoms with Gasteiger partial charge < -0.3 is 9.64 Å². The van der Waals surface area contributed by atoms with Crippen LogP contribution in [0.3, 0.4) is 0 Å². The van der Waals surface area contributed by atoms with Gasteiger partial charge in [-0.05, 0) is 73.4 Å². The van der Waals surface area contributed by atoms with Gasteiger partial charge in [0, 0.05) is 12.1 Å². The van der Waals surface area contributed by atoms with E-state index in [0.717, 1.165) is 5.56 Å². The molecule has 36 heavy (non-hydrogen) atoms. The fraction of sp³-hybridized carbons (Fsp3) is 0.500. The number of thiazole rings is 1. The predicted octanol–water partition coefficient (Wildman–Crippen LogP) is 4.75. The minimum absolute atomic E-state index is 0.226. The number of anilines is 1. The van der Waals surface area contributed by atoms with Crippen molar-refractivity contribution in [2.45, 2.75) is 78.5 Å². The Balaban J connectivity index is 1.67. The molecular formula is C26H33N5O4S. The van der Waals surface area contributed by atoms with Crippen molar-refractivity contribution in [2.24, 2.45) is 0 Å². The number of hydrogen-bond acceptors (Lipinski definition) is 7. The summed E-state index contributed by atoms with van der Waals surface area (Å²) in [6.45, 7) is 13.7. The van der Waals surface area contributed by atoms with Gasteiger partial charge in [-0.15, -0.1) is 0 Å². The fourth-order valence-corrected chi connectivity index (χ4v) is 5.02. The zero-order valence-corrected chi connectivity index (χ0v) is 22.7. The third-order valence-electron chi connectivity index (χ3n) is 5.79. The van der Waals surface area contributed by atoms with Crippen LogP contribution in [0.5, 0.6) is 0 Å². The maximum absolute atomic E-state index is 13.7. The summed E-state index contributed by atoms with van der Waals surface area (Å²) in [5.74, 6) is -1.02. The third-order valence-corrected chi connectivity index (χ3v) is 6.76. The van der Waals surface area contributed by atoms with Crippen LogP contribution in [-0.2, 0) is 15.1 Å². The van der Waals surface area contributed by atoms with E-state index >= 15 is 0 Å². The summed E-state index contributed by atoms with van der Waals surface area (Å²) in [4.78, 5) is 45.5. The van der Waals surface area contributed by atoms with Crippen LogP contribution >= 0.6 is 11.3 Å². The molecule has 192 valence electrons. The lowest BCUT2D eigenvalue weighted by Gasteiger charge is -2.27. The topological polar surface area (TPSA) is 106 Å². The van der Waals surface area contributed by atoms with Crippen molar-refractivity contribution < 1.29 is 19.1 Å². The van der Waals surface area contributed by atoms with E-state index in [1.807, 2.05) is 60.6 Å². The van der Waals surface area contributed by atoms with E-state index in [-0.39, 0.29) is 17.5 Å². The molecule has 1 N–H and O–H groups in total. The molecule has 10 heteroatoms. The Kier molecular flexibility index (Phi) is 6.68. The third kappa shape index (κ3) is 5.28. The number of amides is 2. The number of esters is 1. The molecular weight excluding hydrogens is 478 g/mol. The van der Waals surface area contributed by atoms with Crippen LogP contribution in [0.15, 0.2) is 24.3 Å². The predicted molar refractivity (Wildman–Crippen MR) is 139 cm³/mol. The monoisotopic (exact) mass is 511 g/mol. The van der Waals surface area contributed by atoms with E-state index in [4.69, 9.17) is 4.74 Å². The molecule has 0 bridgehead atoms. The van der Waals surface area contributed by atoms with E-state index in [2.05, 4.69) is 15.4 Å². The fourth-order valence-electron chi connectivity index (χ4n) is 4.10. The summed E-state index contributed by atoms with van der Waals surface area (Å²) < 4.78 is 7.84. The molecule has 0 saturated carbocycles. The van der Waals surface area contributed by atoms with Crippen molar-refractivity contribution in [3.8, 4) is 0 Å². The number of hydrogen-bond donors (Lipinski definition) is 1. The summed E-state index contributed by atoms with van der Waals surface area (Å²) >= 11 is 1.20. The number of carbonyl (C=O) groups excluding carboxylic acids is 3. The molecule has 0 unspecified atom stereocenters. The Morgan fingerprint density at radius 2 is 1.75 bits per heavy atom. The van der Waals surface area contributed by atoms with E-state index in [1.165, 1.54) is 11.3 Å². The first-order valence-corrected chi connectivity index (χ1v) is 12.9. The smallest absolute Gasteiger partial charge is 0.329 e. The highest BCUT2D eigenvalue weighted by Crippen LogP contribution is 2.34. The summed E-state index contributed by atoms with van der Waals surface area (Å²) in [6, 6.07) is 6.61. The van der Waals surface area contributed by atoms with Crippen molar-refractivity contribution in [1.82, 2.24) is 19.7 Å². The first kappa shape index (κ1) is 25.8. The molecule has 4 rings (SSSR count). The maximum atomic E-state index is 13.7. The van der Waals surface area contributed by atoms with Gasteiger partial charge in [0.05, 0.1) is 5.54 Å². The van der Waals surface area contributed by atoms with E-state index < -0.39 is 23.2 Å². The average Bonchev–Trinajstić information content (AvgIpc) is 3.46. The van der Waals surface area contributed by atoms with Gasteiger partial charge >= 0.3 is 5.97 Å². The molecule has 3 aromatic rings. The van der Waals surface area contributed by atoms with Crippen LogP contribution in [0.1, 0.15) is 80.8 Å². The second kappa shape index (κ2) is 9.31. The number of benzene rings is 1. The first-order chi connectivity index (χ1) is 16.7. The highest BCUT2D eigenvalue weighted by Gasteiger charge is 2.39. The number of aromatic nitrogens is 3. The minimum atomic E-state index is -0.653. The molecule has 0 radical (unpaired) electrons. The Hall–Kier alpha value is -3.27. The van der Waals surface area contributed by atoms with Gasteiger partial charge in [-0.25, -0.2) is 9.48 Å². The van der Waals surface area contributed by atoms with Gasteiger partial charge in [0.15, 0.2) is 16.5 Å². The molecule has 3 heterocycles. The molecule has 2 aromatic heterocycles. The largest absolute Gasteiger partial charge is 0.458 e. The van der Waals surface area contributed by atoms with Gasteiger partial charge in [-0.1, -0.05) is 29.0 Å². The van der Waals surface area contributed by atoms with E-state index in [9.17, 15) is 14.4 Å². The number of nitrogens with zero attached hydrogens (tertiary/aromatic N) is 4. The molecule has 1 atom stereocenters. The molecule has 9 nitrogen and oxygen atoms in total. The molecule has 1 aromatic carbocycles. The Morgan fingerprint density at radius 3 is 2.36 bits per heavy atom.